The first kappa shape index (κ1) is 17.8. The number of nitrogens with zero attached hydrogens (tertiary/aromatic N) is 1. The lowest BCUT2D eigenvalue weighted by molar-refractivity contribution is -0.148. The molecule has 2 amide bonds. The maximum atomic E-state index is 12.4. The minimum absolute atomic E-state index is 0.131. The van der Waals surface area contributed by atoms with Crippen LogP contribution in [0.25, 0.3) is 0 Å². The van der Waals surface area contributed by atoms with Crippen molar-refractivity contribution in [2.45, 2.75) is 46.6 Å². The van der Waals surface area contributed by atoms with Crippen molar-refractivity contribution in [3.63, 3.8) is 0 Å². The third-order valence-corrected chi connectivity index (χ3v) is 4.54. The molecule has 0 spiro atoms. The number of hydrogen-bond donors (Lipinski definition) is 2. The van der Waals surface area contributed by atoms with E-state index in [0.29, 0.717) is 19.0 Å². The molecule has 0 aromatic rings. The number of ether oxygens (including phenoxy) is 1. The average molecular weight is 300 g/mol. The summed E-state index contributed by atoms with van der Waals surface area (Å²) in [5.74, 6) is -0.463. The number of urea groups is 1. The Morgan fingerprint density at radius 1 is 1.38 bits per heavy atom. The van der Waals surface area contributed by atoms with Crippen LogP contribution in [0.4, 0.5) is 4.79 Å². The van der Waals surface area contributed by atoms with Crippen LogP contribution >= 0.6 is 0 Å². The molecule has 6 heteroatoms. The van der Waals surface area contributed by atoms with Gasteiger partial charge in [-0.05, 0) is 19.8 Å². The van der Waals surface area contributed by atoms with Gasteiger partial charge < -0.3 is 20.1 Å². The number of hydrogen-bond acceptors (Lipinski definition) is 3. The van der Waals surface area contributed by atoms with Crippen LogP contribution in [-0.2, 0) is 9.53 Å². The van der Waals surface area contributed by atoms with Crippen molar-refractivity contribution >= 4 is 12.0 Å². The topological polar surface area (TPSA) is 78.9 Å². The van der Waals surface area contributed by atoms with Gasteiger partial charge in [0.15, 0.2) is 0 Å². The first-order chi connectivity index (χ1) is 9.88. The van der Waals surface area contributed by atoms with E-state index in [9.17, 15) is 14.7 Å². The highest BCUT2D eigenvalue weighted by Crippen LogP contribution is 2.28. The number of nitrogens with one attached hydrogen (secondary N) is 1. The molecular weight excluding hydrogens is 272 g/mol. The third-order valence-electron chi connectivity index (χ3n) is 4.54. The van der Waals surface area contributed by atoms with E-state index in [1.807, 2.05) is 6.92 Å². The molecule has 1 aliphatic heterocycles. The number of rotatable bonds is 7. The van der Waals surface area contributed by atoms with Crippen LogP contribution in [0.3, 0.4) is 0 Å². The van der Waals surface area contributed by atoms with Gasteiger partial charge in [0.1, 0.15) is 5.41 Å². The molecule has 122 valence electrons. The van der Waals surface area contributed by atoms with E-state index in [-0.39, 0.29) is 19.2 Å². The Bertz CT molecular complexity index is 371. The summed E-state index contributed by atoms with van der Waals surface area (Å²) in [6.45, 7) is 9.47. The van der Waals surface area contributed by atoms with Gasteiger partial charge in [0.2, 0.25) is 0 Å². The summed E-state index contributed by atoms with van der Waals surface area (Å²) in [4.78, 5) is 25.5. The largest absolute Gasteiger partial charge is 0.481 e. The van der Waals surface area contributed by atoms with E-state index in [1.54, 1.807) is 11.8 Å². The maximum absolute atomic E-state index is 12.4. The molecule has 6 nitrogen and oxygen atoms in total. The van der Waals surface area contributed by atoms with Crippen LogP contribution in [-0.4, -0.2) is 54.4 Å². The monoisotopic (exact) mass is 300 g/mol. The molecule has 0 saturated carbocycles. The van der Waals surface area contributed by atoms with Crippen molar-refractivity contribution in [2.75, 3.05) is 26.3 Å². The van der Waals surface area contributed by atoms with E-state index in [2.05, 4.69) is 19.2 Å². The number of carboxylic acid groups (broad SMARTS) is 1. The normalized spacial score (nSPS) is 25.1. The molecule has 2 unspecified atom stereocenters. The summed E-state index contributed by atoms with van der Waals surface area (Å²) >= 11 is 0. The number of aliphatic carboxylic acids is 1. The van der Waals surface area contributed by atoms with Crippen molar-refractivity contribution in [3.8, 4) is 0 Å². The minimum Gasteiger partial charge on any atom is -0.481 e. The molecule has 0 bridgehead atoms. The zero-order chi connectivity index (χ0) is 16.0. The van der Waals surface area contributed by atoms with Crippen molar-refractivity contribution < 1.29 is 19.4 Å². The highest BCUT2D eigenvalue weighted by atomic mass is 16.5. The van der Waals surface area contributed by atoms with Gasteiger partial charge in [-0.1, -0.05) is 26.7 Å². The predicted octanol–water partition coefficient (Wildman–Crippen LogP) is 1.94. The molecule has 2 N–H and O–H groups in total. The Morgan fingerprint density at radius 2 is 2.00 bits per heavy atom. The highest BCUT2D eigenvalue weighted by molar-refractivity contribution is 5.79. The second-order valence-corrected chi connectivity index (χ2v) is 5.96. The number of amides is 2. The van der Waals surface area contributed by atoms with Crippen LogP contribution in [0, 0.1) is 11.3 Å². The third kappa shape index (κ3) is 4.09. The van der Waals surface area contributed by atoms with E-state index < -0.39 is 17.4 Å². The molecule has 0 aromatic heterocycles. The Balaban J connectivity index is 2.67. The van der Waals surface area contributed by atoms with E-state index >= 15 is 0 Å². The van der Waals surface area contributed by atoms with Gasteiger partial charge in [-0.3, -0.25) is 4.79 Å². The Hall–Kier alpha value is -1.30. The van der Waals surface area contributed by atoms with Crippen molar-refractivity contribution in [1.82, 2.24) is 10.2 Å². The van der Waals surface area contributed by atoms with Crippen molar-refractivity contribution in [3.05, 3.63) is 0 Å². The van der Waals surface area contributed by atoms with Crippen LogP contribution in [0.15, 0.2) is 0 Å². The maximum Gasteiger partial charge on any atom is 0.317 e. The van der Waals surface area contributed by atoms with E-state index in [1.165, 1.54) is 0 Å². The summed E-state index contributed by atoms with van der Waals surface area (Å²) in [5, 5.41) is 12.2. The molecule has 1 aliphatic rings. The number of carbonyl (C=O) groups excluding carboxylic acids is 1. The highest BCUT2D eigenvalue weighted by Gasteiger charge is 2.47. The second-order valence-electron chi connectivity index (χ2n) is 5.96. The molecule has 2 atom stereocenters. The fourth-order valence-electron chi connectivity index (χ4n) is 2.54. The van der Waals surface area contributed by atoms with Gasteiger partial charge >= 0.3 is 12.0 Å². The fourth-order valence-corrected chi connectivity index (χ4v) is 2.54. The molecule has 1 rings (SSSR count). The summed E-state index contributed by atoms with van der Waals surface area (Å²) in [6.07, 6.45) is 2.05. The van der Waals surface area contributed by atoms with Gasteiger partial charge in [-0.15, -0.1) is 0 Å². The smallest absolute Gasteiger partial charge is 0.317 e. The zero-order valence-corrected chi connectivity index (χ0v) is 13.5. The van der Waals surface area contributed by atoms with Gasteiger partial charge in [-0.2, -0.15) is 0 Å². The summed E-state index contributed by atoms with van der Waals surface area (Å²) in [5.41, 5.74) is -1.05. The molecule has 1 heterocycles. The Morgan fingerprint density at radius 3 is 2.48 bits per heavy atom. The summed E-state index contributed by atoms with van der Waals surface area (Å²) < 4.78 is 5.26. The van der Waals surface area contributed by atoms with Crippen LogP contribution < -0.4 is 5.32 Å². The molecule has 0 aromatic carbocycles. The quantitative estimate of drug-likeness (QED) is 0.753. The lowest BCUT2D eigenvalue weighted by Gasteiger charge is -2.30. The predicted molar refractivity (Wildman–Crippen MR) is 80.2 cm³/mol. The number of carbonyl (C=O) groups is 2. The van der Waals surface area contributed by atoms with Gasteiger partial charge in [-0.25, -0.2) is 4.79 Å². The van der Waals surface area contributed by atoms with Gasteiger partial charge in [0.25, 0.3) is 0 Å². The van der Waals surface area contributed by atoms with Crippen molar-refractivity contribution in [2.24, 2.45) is 11.3 Å². The minimum atomic E-state index is -1.05. The van der Waals surface area contributed by atoms with Gasteiger partial charge in [0, 0.05) is 13.1 Å². The SMILES string of the molecule is CCC(CC)CN(CC)C(=O)NC1COCC1(C)C(=O)O. The average Bonchev–Trinajstić information content (AvgIpc) is 2.83. The van der Waals surface area contributed by atoms with Crippen molar-refractivity contribution in [1.29, 1.82) is 0 Å². The lowest BCUT2D eigenvalue weighted by atomic mass is 9.85. The molecular formula is C15H28N2O4. The summed E-state index contributed by atoms with van der Waals surface area (Å²) in [6, 6.07) is -0.689. The van der Waals surface area contributed by atoms with Crippen LogP contribution in [0.5, 0.6) is 0 Å². The Labute approximate surface area is 126 Å². The van der Waals surface area contributed by atoms with Gasteiger partial charge in [0.05, 0.1) is 19.3 Å². The zero-order valence-electron chi connectivity index (χ0n) is 13.5. The molecule has 21 heavy (non-hydrogen) atoms. The van der Waals surface area contributed by atoms with Crippen LogP contribution in [0.1, 0.15) is 40.5 Å². The first-order valence-corrected chi connectivity index (χ1v) is 7.75. The van der Waals surface area contributed by atoms with E-state index in [0.717, 1.165) is 12.8 Å². The molecule has 0 radical (unpaired) electrons. The second kappa shape index (κ2) is 7.64. The standard InChI is InChI=1S/C15H28N2O4/c1-5-11(6-2)8-17(7-3)14(20)16-12-9-21-10-15(12,4)13(18)19/h11-12H,5-10H2,1-4H3,(H,16,20)(H,18,19). The van der Waals surface area contributed by atoms with Crippen LogP contribution in [0.2, 0.25) is 0 Å². The molecule has 1 saturated heterocycles. The lowest BCUT2D eigenvalue weighted by Crippen LogP contribution is -2.54. The fraction of sp³-hybridized carbons (Fsp3) is 0.867. The summed E-state index contributed by atoms with van der Waals surface area (Å²) in [7, 11) is 0. The molecule has 0 aliphatic carbocycles. The van der Waals surface area contributed by atoms with E-state index in [4.69, 9.17) is 4.74 Å². The first-order valence-electron chi connectivity index (χ1n) is 7.75. The molecule has 1 fully saturated rings. The number of carboxylic acids is 1. The Kier molecular flexibility index (Phi) is 6.45.